The normalized spacial score (nSPS) is 21.4. The maximum atomic E-state index is 13.2. The van der Waals surface area contributed by atoms with E-state index in [-0.39, 0.29) is 11.2 Å². The molecule has 2 aliphatic rings. The first kappa shape index (κ1) is 7.80. The third-order valence-corrected chi connectivity index (χ3v) is 3.56. The Morgan fingerprint density at radius 1 is 1.38 bits per heavy atom. The topological polar surface area (TPSA) is 9.23 Å². The molecule has 0 N–H and O–H groups in total. The fraction of sp³-hybridized carbons (Fsp3) is 0.400. The van der Waals surface area contributed by atoms with Gasteiger partial charge < -0.3 is 4.74 Å². The maximum Gasteiger partial charge on any atom is 0.137 e. The van der Waals surface area contributed by atoms with Crippen molar-refractivity contribution in [2.75, 3.05) is 6.61 Å². The lowest BCUT2D eigenvalue weighted by Crippen LogP contribution is -2.07. The molecule has 0 unspecified atom stereocenters. The molecule has 0 radical (unpaired) electrons. The van der Waals surface area contributed by atoms with Crippen LogP contribution in [-0.2, 0) is 5.41 Å². The molecule has 0 amide bonds. The molecule has 1 aromatic rings. The molecular weight excluding hydrogens is 235 g/mol. The van der Waals surface area contributed by atoms with Gasteiger partial charge in [-0.3, -0.25) is 0 Å². The van der Waals surface area contributed by atoms with Gasteiger partial charge in [0.05, 0.1) is 11.1 Å². The molecule has 0 saturated heterocycles. The van der Waals surface area contributed by atoms with E-state index in [1.165, 1.54) is 0 Å². The van der Waals surface area contributed by atoms with Crippen molar-refractivity contribution in [1.82, 2.24) is 0 Å². The quantitative estimate of drug-likeness (QED) is 0.680. The van der Waals surface area contributed by atoms with Crippen LogP contribution in [0.25, 0.3) is 0 Å². The summed E-state index contributed by atoms with van der Waals surface area (Å²) in [4.78, 5) is 0. The molecule has 68 valence electrons. The van der Waals surface area contributed by atoms with Crippen LogP contribution in [0.4, 0.5) is 4.39 Å². The van der Waals surface area contributed by atoms with E-state index in [2.05, 4.69) is 15.9 Å². The molecule has 1 heterocycles. The number of ether oxygens (including phenoxy) is 1. The van der Waals surface area contributed by atoms with E-state index >= 15 is 0 Å². The van der Waals surface area contributed by atoms with Gasteiger partial charge in [-0.05, 0) is 40.9 Å². The smallest absolute Gasteiger partial charge is 0.137 e. The molecule has 0 bridgehead atoms. The molecule has 0 aromatic heterocycles. The fourth-order valence-corrected chi connectivity index (χ4v) is 2.24. The summed E-state index contributed by atoms with van der Waals surface area (Å²) in [5.74, 6) is 0.668. The van der Waals surface area contributed by atoms with Crippen LogP contribution in [0.5, 0.6) is 5.75 Å². The molecule has 3 rings (SSSR count). The SMILES string of the molecule is Fc1cc2c(cc1Br)OCC21CC1. The Balaban J connectivity index is 2.21. The zero-order valence-corrected chi connectivity index (χ0v) is 8.53. The minimum atomic E-state index is -0.185. The van der Waals surface area contributed by atoms with Gasteiger partial charge in [0, 0.05) is 11.0 Å². The predicted octanol–water partition coefficient (Wildman–Crippen LogP) is 3.01. The summed E-state index contributed by atoms with van der Waals surface area (Å²) in [5.41, 5.74) is 1.24. The molecule has 13 heavy (non-hydrogen) atoms. The molecule has 3 heteroatoms. The van der Waals surface area contributed by atoms with Gasteiger partial charge in [-0.1, -0.05) is 0 Å². The highest BCUT2D eigenvalue weighted by molar-refractivity contribution is 9.10. The first-order valence-electron chi connectivity index (χ1n) is 4.34. The number of hydrogen-bond acceptors (Lipinski definition) is 1. The summed E-state index contributed by atoms with van der Waals surface area (Å²) in [6, 6.07) is 3.34. The van der Waals surface area contributed by atoms with Gasteiger partial charge in [0.1, 0.15) is 11.6 Å². The lowest BCUT2D eigenvalue weighted by atomic mass is 9.99. The van der Waals surface area contributed by atoms with Gasteiger partial charge in [-0.25, -0.2) is 4.39 Å². The highest BCUT2D eigenvalue weighted by Crippen LogP contribution is 2.55. The molecule has 1 aliphatic carbocycles. The van der Waals surface area contributed by atoms with Crippen molar-refractivity contribution in [3.8, 4) is 5.75 Å². The first-order valence-corrected chi connectivity index (χ1v) is 5.13. The summed E-state index contributed by atoms with van der Waals surface area (Å²) in [6.45, 7) is 0.734. The molecule has 1 aromatic carbocycles. The second kappa shape index (κ2) is 2.27. The van der Waals surface area contributed by atoms with Crippen molar-refractivity contribution in [3.05, 3.63) is 28.0 Å². The zero-order valence-electron chi connectivity index (χ0n) is 6.94. The monoisotopic (exact) mass is 242 g/mol. The third-order valence-electron chi connectivity index (χ3n) is 2.95. The van der Waals surface area contributed by atoms with Gasteiger partial charge in [-0.2, -0.15) is 0 Å². The average molecular weight is 243 g/mol. The average Bonchev–Trinajstić information content (AvgIpc) is 2.80. The van der Waals surface area contributed by atoms with Crippen LogP contribution >= 0.6 is 15.9 Å². The lowest BCUT2D eigenvalue weighted by Gasteiger charge is -2.03. The second-order valence-corrected chi connectivity index (χ2v) is 4.69. The highest BCUT2D eigenvalue weighted by Gasteiger charge is 2.50. The largest absolute Gasteiger partial charge is 0.492 e. The van der Waals surface area contributed by atoms with Crippen LogP contribution in [0.1, 0.15) is 18.4 Å². The summed E-state index contributed by atoms with van der Waals surface area (Å²) in [6.07, 6.45) is 2.28. The summed E-state index contributed by atoms with van der Waals surface area (Å²) in [5, 5.41) is 0. The van der Waals surface area contributed by atoms with Gasteiger partial charge in [-0.15, -0.1) is 0 Å². The molecular formula is C10H8BrFO. The highest BCUT2D eigenvalue weighted by atomic mass is 79.9. The first-order chi connectivity index (χ1) is 6.21. The van der Waals surface area contributed by atoms with Crippen molar-refractivity contribution < 1.29 is 9.13 Å². The Morgan fingerprint density at radius 2 is 2.15 bits per heavy atom. The Morgan fingerprint density at radius 3 is 2.85 bits per heavy atom. The number of hydrogen-bond donors (Lipinski definition) is 0. The van der Waals surface area contributed by atoms with Crippen LogP contribution in [-0.4, -0.2) is 6.61 Å². The van der Waals surface area contributed by atoms with Crippen molar-refractivity contribution >= 4 is 15.9 Å². The van der Waals surface area contributed by atoms with Gasteiger partial charge in [0.2, 0.25) is 0 Å². The second-order valence-electron chi connectivity index (χ2n) is 3.83. The Kier molecular flexibility index (Phi) is 1.36. The number of benzene rings is 1. The van der Waals surface area contributed by atoms with Crippen molar-refractivity contribution in [2.24, 2.45) is 0 Å². The molecule has 1 saturated carbocycles. The molecule has 1 fully saturated rings. The minimum Gasteiger partial charge on any atom is -0.492 e. The molecule has 1 aliphatic heterocycles. The van der Waals surface area contributed by atoms with Crippen molar-refractivity contribution in [2.45, 2.75) is 18.3 Å². The molecule has 1 nitrogen and oxygen atoms in total. The van der Waals surface area contributed by atoms with Crippen LogP contribution in [0, 0.1) is 5.82 Å². The minimum absolute atomic E-state index is 0.177. The number of halogens is 2. The van der Waals surface area contributed by atoms with Crippen LogP contribution < -0.4 is 4.74 Å². The van der Waals surface area contributed by atoms with E-state index in [0.29, 0.717) is 4.47 Å². The summed E-state index contributed by atoms with van der Waals surface area (Å²) >= 11 is 3.15. The van der Waals surface area contributed by atoms with Crippen LogP contribution in [0.3, 0.4) is 0 Å². The van der Waals surface area contributed by atoms with Gasteiger partial charge >= 0.3 is 0 Å². The number of fused-ring (bicyclic) bond motifs is 2. The summed E-state index contributed by atoms with van der Waals surface area (Å²) < 4.78 is 19.2. The van der Waals surface area contributed by atoms with Crippen LogP contribution in [0.15, 0.2) is 16.6 Å². The maximum absolute atomic E-state index is 13.2. The lowest BCUT2D eigenvalue weighted by molar-refractivity contribution is 0.323. The predicted molar refractivity (Wildman–Crippen MR) is 50.5 cm³/mol. The third kappa shape index (κ3) is 0.966. The van der Waals surface area contributed by atoms with E-state index in [0.717, 1.165) is 30.8 Å². The standard InChI is InChI=1S/C10H8BrFO/c11-7-4-9-6(3-8(7)12)10(1-2-10)5-13-9/h3-4H,1-2,5H2. The molecule has 1 spiro atoms. The molecule has 0 atom stereocenters. The van der Waals surface area contributed by atoms with E-state index < -0.39 is 0 Å². The van der Waals surface area contributed by atoms with Crippen LogP contribution in [0.2, 0.25) is 0 Å². The summed E-state index contributed by atoms with van der Waals surface area (Å²) in [7, 11) is 0. The Hall–Kier alpha value is -0.570. The van der Waals surface area contributed by atoms with E-state index in [1.54, 1.807) is 12.1 Å². The van der Waals surface area contributed by atoms with E-state index in [1.807, 2.05) is 0 Å². The van der Waals surface area contributed by atoms with Gasteiger partial charge in [0.15, 0.2) is 0 Å². The van der Waals surface area contributed by atoms with Crippen molar-refractivity contribution in [1.29, 1.82) is 0 Å². The zero-order chi connectivity index (χ0) is 9.05. The van der Waals surface area contributed by atoms with E-state index in [9.17, 15) is 4.39 Å². The Labute approximate surface area is 84.0 Å². The van der Waals surface area contributed by atoms with Crippen molar-refractivity contribution in [3.63, 3.8) is 0 Å². The fourth-order valence-electron chi connectivity index (χ4n) is 1.92. The Bertz CT molecular complexity index is 385. The van der Waals surface area contributed by atoms with Gasteiger partial charge in [0.25, 0.3) is 0 Å². The number of rotatable bonds is 0. The van der Waals surface area contributed by atoms with E-state index in [4.69, 9.17) is 4.74 Å².